The van der Waals surface area contributed by atoms with E-state index in [1.807, 2.05) is 30.3 Å². The maximum atomic E-state index is 15.0. The molecule has 0 saturated heterocycles. The zero-order valence-corrected chi connectivity index (χ0v) is 17.0. The van der Waals surface area contributed by atoms with E-state index in [0.29, 0.717) is 11.5 Å². The molecule has 0 aliphatic carbocycles. The van der Waals surface area contributed by atoms with E-state index in [1.54, 1.807) is 12.3 Å². The smallest absolute Gasteiger partial charge is 0.134 e. The van der Waals surface area contributed by atoms with Gasteiger partial charge in [-0.05, 0) is 62.3 Å². The quantitative estimate of drug-likeness (QED) is 0.458. The standard InChI is InChI=1S/C25H27FN2/c1-5-28-24-14-22(26)19(13-21(24)17(2)15-25(28,3)4)16-27-23-12-8-10-18-9-6-7-11-20(18)23/h6-14,16-17H,5,15H2,1-4H3. The third-order valence-corrected chi connectivity index (χ3v) is 5.93. The average molecular weight is 375 g/mol. The fraction of sp³-hybridized carbons (Fsp3) is 0.320. The van der Waals surface area contributed by atoms with Crippen LogP contribution in [0.1, 0.15) is 51.2 Å². The van der Waals surface area contributed by atoms with E-state index in [1.165, 1.54) is 5.56 Å². The highest BCUT2D eigenvalue weighted by atomic mass is 19.1. The SMILES string of the molecule is CCN1c2cc(F)c(C=Nc3cccc4ccccc34)cc2C(C)CC1(C)C. The van der Waals surface area contributed by atoms with Crippen molar-refractivity contribution in [2.24, 2.45) is 4.99 Å². The molecule has 0 spiro atoms. The van der Waals surface area contributed by atoms with Gasteiger partial charge in [-0.3, -0.25) is 4.99 Å². The predicted octanol–water partition coefficient (Wildman–Crippen LogP) is 6.84. The van der Waals surface area contributed by atoms with Crippen LogP contribution < -0.4 is 4.90 Å². The molecule has 28 heavy (non-hydrogen) atoms. The lowest BCUT2D eigenvalue weighted by Gasteiger charge is -2.47. The van der Waals surface area contributed by atoms with Crippen LogP contribution in [0.15, 0.2) is 59.6 Å². The molecule has 1 unspecified atom stereocenters. The monoisotopic (exact) mass is 374 g/mol. The molecule has 0 amide bonds. The normalized spacial score (nSPS) is 18.6. The lowest BCUT2D eigenvalue weighted by atomic mass is 9.79. The van der Waals surface area contributed by atoms with Crippen LogP contribution in [0.4, 0.5) is 15.8 Å². The third kappa shape index (κ3) is 3.19. The minimum absolute atomic E-state index is 0.0339. The number of anilines is 1. The summed E-state index contributed by atoms with van der Waals surface area (Å²) in [6.07, 6.45) is 2.72. The Hall–Kier alpha value is -2.68. The number of hydrogen-bond acceptors (Lipinski definition) is 2. The number of halogens is 1. The molecule has 1 atom stereocenters. The van der Waals surface area contributed by atoms with Crippen LogP contribution in [0.3, 0.4) is 0 Å². The number of rotatable bonds is 3. The van der Waals surface area contributed by atoms with Crippen molar-refractivity contribution in [3.05, 3.63) is 71.5 Å². The largest absolute Gasteiger partial charge is 0.366 e. The molecule has 3 aromatic carbocycles. The van der Waals surface area contributed by atoms with Crippen LogP contribution in [0, 0.1) is 5.82 Å². The van der Waals surface area contributed by atoms with Crippen LogP contribution in [0.25, 0.3) is 10.8 Å². The highest BCUT2D eigenvalue weighted by Crippen LogP contribution is 2.43. The van der Waals surface area contributed by atoms with Gasteiger partial charge < -0.3 is 4.90 Å². The van der Waals surface area contributed by atoms with Gasteiger partial charge in [0.2, 0.25) is 0 Å². The first-order valence-corrected chi connectivity index (χ1v) is 10.0. The molecule has 1 aliphatic heterocycles. The molecular formula is C25H27FN2. The Labute approximate surface area is 166 Å². The molecular weight excluding hydrogens is 347 g/mol. The Kier molecular flexibility index (Phi) is 4.70. The lowest BCUT2D eigenvalue weighted by molar-refractivity contribution is 0.380. The van der Waals surface area contributed by atoms with Crippen LogP contribution in [0.2, 0.25) is 0 Å². The second kappa shape index (κ2) is 7.05. The van der Waals surface area contributed by atoms with Crippen LogP contribution in [-0.4, -0.2) is 18.3 Å². The first-order chi connectivity index (χ1) is 13.4. The molecule has 144 valence electrons. The fourth-order valence-electron chi connectivity index (χ4n) is 4.68. The number of benzene rings is 3. The second-order valence-electron chi connectivity index (χ2n) is 8.35. The summed E-state index contributed by atoms with van der Waals surface area (Å²) in [5.41, 5.74) is 3.67. The molecule has 0 saturated carbocycles. The van der Waals surface area contributed by atoms with Crippen LogP contribution >= 0.6 is 0 Å². The molecule has 0 bridgehead atoms. The zero-order chi connectivity index (χ0) is 19.9. The summed E-state index contributed by atoms with van der Waals surface area (Å²) in [7, 11) is 0. The molecule has 3 aromatic rings. The summed E-state index contributed by atoms with van der Waals surface area (Å²) < 4.78 is 15.0. The average Bonchev–Trinajstić information content (AvgIpc) is 2.66. The van der Waals surface area contributed by atoms with E-state index >= 15 is 0 Å². The van der Waals surface area contributed by atoms with Crippen molar-refractivity contribution in [2.45, 2.75) is 45.6 Å². The Morgan fingerprint density at radius 3 is 2.68 bits per heavy atom. The summed E-state index contributed by atoms with van der Waals surface area (Å²) in [5, 5.41) is 2.21. The van der Waals surface area contributed by atoms with Gasteiger partial charge in [0.15, 0.2) is 0 Å². The van der Waals surface area contributed by atoms with E-state index in [0.717, 1.165) is 35.1 Å². The molecule has 0 radical (unpaired) electrons. The van der Waals surface area contributed by atoms with Crippen LogP contribution in [0.5, 0.6) is 0 Å². The summed E-state index contributed by atoms with van der Waals surface area (Å²) in [5.74, 6) is 0.171. The first-order valence-electron chi connectivity index (χ1n) is 10.0. The lowest BCUT2D eigenvalue weighted by Crippen LogP contribution is -2.48. The van der Waals surface area contributed by atoms with Gasteiger partial charge in [-0.25, -0.2) is 4.39 Å². The van der Waals surface area contributed by atoms with Gasteiger partial charge >= 0.3 is 0 Å². The van der Waals surface area contributed by atoms with Crippen molar-refractivity contribution in [3.8, 4) is 0 Å². The minimum Gasteiger partial charge on any atom is -0.366 e. The molecule has 0 aromatic heterocycles. The topological polar surface area (TPSA) is 15.6 Å². The summed E-state index contributed by atoms with van der Waals surface area (Å²) in [6.45, 7) is 9.72. The number of fused-ring (bicyclic) bond motifs is 2. The molecule has 1 aliphatic rings. The Balaban J connectivity index is 1.76. The van der Waals surface area contributed by atoms with Gasteiger partial charge in [-0.15, -0.1) is 0 Å². The van der Waals surface area contributed by atoms with Crippen molar-refractivity contribution in [1.29, 1.82) is 0 Å². The Morgan fingerprint density at radius 2 is 1.89 bits per heavy atom. The number of nitrogens with zero attached hydrogens (tertiary/aromatic N) is 2. The summed E-state index contributed by atoms with van der Waals surface area (Å²) in [4.78, 5) is 6.95. The van der Waals surface area contributed by atoms with E-state index < -0.39 is 0 Å². The van der Waals surface area contributed by atoms with Crippen molar-refractivity contribution >= 4 is 28.4 Å². The predicted molar refractivity (Wildman–Crippen MR) is 118 cm³/mol. The number of hydrogen-bond donors (Lipinski definition) is 0. The first kappa shape index (κ1) is 18.7. The van der Waals surface area contributed by atoms with E-state index in [2.05, 4.69) is 55.8 Å². The Morgan fingerprint density at radius 1 is 1.14 bits per heavy atom. The summed E-state index contributed by atoms with van der Waals surface area (Å²) in [6, 6.07) is 17.8. The maximum absolute atomic E-state index is 15.0. The highest BCUT2D eigenvalue weighted by Gasteiger charge is 2.36. The molecule has 0 fully saturated rings. The van der Waals surface area contributed by atoms with Gasteiger partial charge in [0.05, 0.1) is 5.69 Å². The van der Waals surface area contributed by atoms with Gasteiger partial charge in [0, 0.05) is 34.9 Å². The Bertz CT molecular complexity index is 1050. The summed E-state index contributed by atoms with van der Waals surface area (Å²) >= 11 is 0. The van der Waals surface area contributed by atoms with Crippen molar-refractivity contribution in [2.75, 3.05) is 11.4 Å². The van der Waals surface area contributed by atoms with Crippen molar-refractivity contribution in [3.63, 3.8) is 0 Å². The molecule has 1 heterocycles. The van der Waals surface area contributed by atoms with Gasteiger partial charge in [-0.2, -0.15) is 0 Å². The molecule has 3 heteroatoms. The zero-order valence-electron chi connectivity index (χ0n) is 17.0. The van der Waals surface area contributed by atoms with E-state index in [4.69, 9.17) is 0 Å². The van der Waals surface area contributed by atoms with Crippen molar-refractivity contribution in [1.82, 2.24) is 0 Å². The van der Waals surface area contributed by atoms with E-state index in [-0.39, 0.29) is 11.4 Å². The molecule has 2 nitrogen and oxygen atoms in total. The van der Waals surface area contributed by atoms with Crippen molar-refractivity contribution < 1.29 is 4.39 Å². The number of aliphatic imine (C=N–C) groups is 1. The third-order valence-electron chi connectivity index (χ3n) is 5.93. The molecule has 4 rings (SSSR count). The van der Waals surface area contributed by atoms with Gasteiger partial charge in [-0.1, -0.05) is 43.3 Å². The highest BCUT2D eigenvalue weighted by molar-refractivity contribution is 5.95. The van der Waals surface area contributed by atoms with Gasteiger partial charge in [0.25, 0.3) is 0 Å². The van der Waals surface area contributed by atoms with E-state index in [9.17, 15) is 4.39 Å². The fourth-order valence-corrected chi connectivity index (χ4v) is 4.68. The maximum Gasteiger partial charge on any atom is 0.134 e. The minimum atomic E-state index is -0.217. The van der Waals surface area contributed by atoms with Gasteiger partial charge in [0.1, 0.15) is 5.82 Å². The van der Waals surface area contributed by atoms with Crippen LogP contribution in [-0.2, 0) is 0 Å². The second-order valence-corrected chi connectivity index (χ2v) is 8.35. The molecule has 0 N–H and O–H groups in total.